The molecule has 0 heterocycles. The summed E-state index contributed by atoms with van der Waals surface area (Å²) in [4.78, 5) is 11.2. The normalized spacial score (nSPS) is 29.2. The smallest absolute Gasteiger partial charge is 0.133 e. The van der Waals surface area contributed by atoms with Gasteiger partial charge in [0.05, 0.1) is 6.10 Å². The van der Waals surface area contributed by atoms with E-state index in [1.54, 1.807) is 0 Å². The molecular formula is C10H18O2. The lowest BCUT2D eigenvalue weighted by Gasteiger charge is -2.12. The second-order valence-electron chi connectivity index (χ2n) is 3.75. The van der Waals surface area contributed by atoms with Gasteiger partial charge in [-0.3, -0.25) is 4.79 Å². The van der Waals surface area contributed by atoms with Crippen molar-refractivity contribution in [1.82, 2.24) is 0 Å². The summed E-state index contributed by atoms with van der Waals surface area (Å²) in [5.74, 6) is 0.590. The quantitative estimate of drug-likeness (QED) is 0.699. The van der Waals surface area contributed by atoms with Crippen molar-refractivity contribution in [3.63, 3.8) is 0 Å². The van der Waals surface area contributed by atoms with Crippen molar-refractivity contribution in [2.45, 2.75) is 51.6 Å². The van der Waals surface area contributed by atoms with E-state index < -0.39 is 0 Å². The van der Waals surface area contributed by atoms with Gasteiger partial charge in [-0.1, -0.05) is 13.3 Å². The van der Waals surface area contributed by atoms with Gasteiger partial charge in [0.15, 0.2) is 0 Å². The van der Waals surface area contributed by atoms with Gasteiger partial charge in [-0.25, -0.2) is 0 Å². The fraction of sp³-hybridized carbons (Fsp3) is 0.900. The maximum Gasteiger partial charge on any atom is 0.133 e. The van der Waals surface area contributed by atoms with E-state index in [1.807, 2.05) is 6.92 Å². The third kappa shape index (κ3) is 2.59. The number of Topliss-reactive ketones (excluding diaryl/α,β-unsaturated/α-hetero) is 1. The van der Waals surface area contributed by atoms with E-state index in [1.165, 1.54) is 0 Å². The highest BCUT2D eigenvalue weighted by Crippen LogP contribution is 2.28. The molecule has 0 spiro atoms. The molecule has 1 saturated carbocycles. The summed E-state index contributed by atoms with van der Waals surface area (Å²) in [6.45, 7) is 2.02. The molecule has 0 aromatic carbocycles. The maximum atomic E-state index is 11.2. The van der Waals surface area contributed by atoms with Crippen LogP contribution in [-0.4, -0.2) is 17.0 Å². The number of rotatable bonds is 4. The zero-order chi connectivity index (χ0) is 8.97. The molecule has 0 aromatic rings. The third-order valence-electron chi connectivity index (χ3n) is 2.64. The van der Waals surface area contributed by atoms with Crippen LogP contribution in [0.3, 0.4) is 0 Å². The highest BCUT2D eigenvalue weighted by atomic mass is 16.3. The molecule has 0 bridgehead atoms. The molecule has 70 valence electrons. The molecule has 2 heteroatoms. The molecule has 1 aliphatic carbocycles. The van der Waals surface area contributed by atoms with Crippen molar-refractivity contribution in [1.29, 1.82) is 0 Å². The van der Waals surface area contributed by atoms with Crippen molar-refractivity contribution in [2.75, 3.05) is 0 Å². The molecule has 0 aliphatic heterocycles. The number of carbonyl (C=O) groups excluding carboxylic acids is 1. The molecule has 1 aliphatic rings. The van der Waals surface area contributed by atoms with E-state index in [2.05, 4.69) is 0 Å². The molecule has 2 atom stereocenters. The summed E-state index contributed by atoms with van der Waals surface area (Å²) in [6, 6.07) is 0. The lowest BCUT2D eigenvalue weighted by atomic mass is 9.97. The lowest BCUT2D eigenvalue weighted by molar-refractivity contribution is -0.120. The van der Waals surface area contributed by atoms with E-state index in [0.717, 1.165) is 25.7 Å². The van der Waals surface area contributed by atoms with Crippen molar-refractivity contribution in [3.05, 3.63) is 0 Å². The lowest BCUT2D eigenvalue weighted by Crippen LogP contribution is -2.16. The van der Waals surface area contributed by atoms with Gasteiger partial charge in [-0.2, -0.15) is 0 Å². The minimum atomic E-state index is -0.203. The topological polar surface area (TPSA) is 37.3 Å². The molecule has 0 radical (unpaired) electrons. The van der Waals surface area contributed by atoms with Gasteiger partial charge in [0.25, 0.3) is 0 Å². The minimum Gasteiger partial charge on any atom is -0.393 e. The van der Waals surface area contributed by atoms with Crippen LogP contribution in [0.4, 0.5) is 0 Å². The summed E-state index contributed by atoms with van der Waals surface area (Å²) in [7, 11) is 0. The summed E-state index contributed by atoms with van der Waals surface area (Å²) in [6.07, 6.45) is 5.04. The number of ketones is 1. The predicted octanol–water partition coefficient (Wildman–Crippen LogP) is 1.91. The molecular weight excluding hydrogens is 152 g/mol. The van der Waals surface area contributed by atoms with Gasteiger partial charge < -0.3 is 5.11 Å². The highest BCUT2D eigenvalue weighted by molar-refractivity contribution is 5.78. The Morgan fingerprint density at radius 3 is 2.75 bits per heavy atom. The second kappa shape index (κ2) is 4.61. The van der Waals surface area contributed by atoms with Crippen LogP contribution in [0.1, 0.15) is 45.4 Å². The van der Waals surface area contributed by atoms with E-state index in [4.69, 9.17) is 0 Å². The second-order valence-corrected chi connectivity index (χ2v) is 3.75. The van der Waals surface area contributed by atoms with E-state index in [0.29, 0.717) is 18.6 Å². The molecule has 12 heavy (non-hydrogen) atoms. The van der Waals surface area contributed by atoms with Crippen LogP contribution < -0.4 is 0 Å². The molecule has 1 rings (SSSR count). The summed E-state index contributed by atoms with van der Waals surface area (Å²) >= 11 is 0. The SMILES string of the molecule is CCCC(=O)CC1CCCC1O. The fourth-order valence-electron chi connectivity index (χ4n) is 1.93. The van der Waals surface area contributed by atoms with Crippen LogP contribution in [-0.2, 0) is 4.79 Å². The van der Waals surface area contributed by atoms with Crippen LogP contribution in [0.2, 0.25) is 0 Å². The van der Waals surface area contributed by atoms with Crippen molar-refractivity contribution >= 4 is 5.78 Å². The van der Waals surface area contributed by atoms with Crippen LogP contribution in [0, 0.1) is 5.92 Å². The molecule has 0 aromatic heterocycles. The van der Waals surface area contributed by atoms with E-state index >= 15 is 0 Å². The first-order valence-corrected chi connectivity index (χ1v) is 4.93. The molecule has 2 unspecified atom stereocenters. The van der Waals surface area contributed by atoms with Gasteiger partial charge in [-0.05, 0) is 25.2 Å². The maximum absolute atomic E-state index is 11.2. The molecule has 0 saturated heterocycles. The monoisotopic (exact) mass is 170 g/mol. The van der Waals surface area contributed by atoms with Crippen LogP contribution in [0.15, 0.2) is 0 Å². The molecule has 1 fully saturated rings. The first kappa shape index (κ1) is 9.72. The van der Waals surface area contributed by atoms with Crippen molar-refractivity contribution in [3.8, 4) is 0 Å². The molecule has 2 nitrogen and oxygen atoms in total. The average molecular weight is 170 g/mol. The fourth-order valence-corrected chi connectivity index (χ4v) is 1.93. The number of aliphatic hydroxyl groups is 1. The number of hydrogen-bond donors (Lipinski definition) is 1. The van der Waals surface area contributed by atoms with Gasteiger partial charge >= 0.3 is 0 Å². The van der Waals surface area contributed by atoms with Gasteiger partial charge in [0, 0.05) is 12.8 Å². The Labute approximate surface area is 74.0 Å². The number of aliphatic hydroxyl groups excluding tert-OH is 1. The number of hydrogen-bond acceptors (Lipinski definition) is 2. The Balaban J connectivity index is 2.25. The summed E-state index contributed by atoms with van der Waals surface area (Å²) in [5.41, 5.74) is 0. The van der Waals surface area contributed by atoms with Crippen molar-refractivity contribution in [2.24, 2.45) is 5.92 Å². The minimum absolute atomic E-state index is 0.203. The molecule has 0 amide bonds. The van der Waals surface area contributed by atoms with Gasteiger partial charge in [0.2, 0.25) is 0 Å². The first-order valence-electron chi connectivity index (χ1n) is 4.93. The Bertz CT molecular complexity index is 154. The first-order chi connectivity index (χ1) is 5.74. The highest BCUT2D eigenvalue weighted by Gasteiger charge is 2.26. The van der Waals surface area contributed by atoms with E-state index in [-0.39, 0.29) is 12.0 Å². The van der Waals surface area contributed by atoms with Gasteiger partial charge in [-0.15, -0.1) is 0 Å². The Hall–Kier alpha value is -0.370. The zero-order valence-electron chi connectivity index (χ0n) is 7.75. The van der Waals surface area contributed by atoms with Crippen molar-refractivity contribution < 1.29 is 9.90 Å². The standard InChI is InChI=1S/C10H18O2/c1-2-4-9(11)7-8-5-3-6-10(8)12/h8,10,12H,2-7H2,1H3. The largest absolute Gasteiger partial charge is 0.393 e. The summed E-state index contributed by atoms with van der Waals surface area (Å²) in [5, 5.41) is 9.45. The van der Waals surface area contributed by atoms with Crippen LogP contribution >= 0.6 is 0 Å². The summed E-state index contributed by atoms with van der Waals surface area (Å²) < 4.78 is 0. The average Bonchev–Trinajstić information content (AvgIpc) is 2.37. The van der Waals surface area contributed by atoms with Crippen LogP contribution in [0.5, 0.6) is 0 Å². The van der Waals surface area contributed by atoms with Gasteiger partial charge in [0.1, 0.15) is 5.78 Å². The van der Waals surface area contributed by atoms with E-state index in [9.17, 15) is 9.90 Å². The predicted molar refractivity (Wildman–Crippen MR) is 47.9 cm³/mol. The Morgan fingerprint density at radius 2 is 2.25 bits per heavy atom. The zero-order valence-corrected chi connectivity index (χ0v) is 7.75. The molecule has 1 N–H and O–H groups in total. The Morgan fingerprint density at radius 1 is 1.50 bits per heavy atom. The Kier molecular flexibility index (Phi) is 3.73. The third-order valence-corrected chi connectivity index (χ3v) is 2.64. The van der Waals surface area contributed by atoms with Crippen LogP contribution in [0.25, 0.3) is 0 Å². The number of carbonyl (C=O) groups is 1.